The third-order valence-electron chi connectivity index (χ3n) is 1.82. The Hall–Kier alpha value is -0.940. The van der Waals surface area contributed by atoms with E-state index in [1.54, 1.807) is 18.2 Å². The molecule has 5 heteroatoms. The van der Waals surface area contributed by atoms with E-state index in [1.165, 1.54) is 6.07 Å². The fraction of sp³-hybridized carbons (Fsp3) is 0.273. The average Bonchev–Trinajstić information content (AvgIpc) is 2.19. The molecule has 0 radical (unpaired) electrons. The molecule has 0 saturated heterocycles. The summed E-state index contributed by atoms with van der Waals surface area (Å²) in [5, 5.41) is 3.04. The summed E-state index contributed by atoms with van der Waals surface area (Å²) in [5.74, 6) is 0.199. The van der Waals surface area contributed by atoms with Gasteiger partial charge in [-0.25, -0.2) is 0 Å². The van der Waals surface area contributed by atoms with Gasteiger partial charge in [-0.15, -0.1) is 0 Å². The van der Waals surface area contributed by atoms with Crippen molar-refractivity contribution in [3.05, 3.63) is 40.9 Å². The molecule has 1 aromatic rings. The van der Waals surface area contributed by atoms with Crippen molar-refractivity contribution in [2.24, 2.45) is 0 Å². The Bertz CT molecular complexity index is 358. The molecule has 0 unspecified atom stereocenters. The van der Waals surface area contributed by atoms with Crippen LogP contribution in [-0.2, 0) is 6.54 Å². The number of para-hydroxylation sites is 1. The van der Waals surface area contributed by atoms with Crippen molar-refractivity contribution in [1.82, 2.24) is 5.32 Å². The molecule has 0 aliphatic heterocycles. The SMILES string of the molecule is C=C(Br)CNCc1ccccc1OC(F)F. The number of hydrogen-bond donors (Lipinski definition) is 1. The summed E-state index contributed by atoms with van der Waals surface area (Å²) in [5.41, 5.74) is 0.691. The third-order valence-corrected chi connectivity index (χ3v) is 2.10. The minimum absolute atomic E-state index is 0.199. The Balaban J connectivity index is 2.60. The predicted octanol–water partition coefficient (Wildman–Crippen LogP) is 3.29. The number of ether oxygens (including phenoxy) is 1. The van der Waals surface area contributed by atoms with Gasteiger partial charge in [0, 0.05) is 23.1 Å². The Morgan fingerprint density at radius 2 is 2.12 bits per heavy atom. The second-order valence-corrected chi connectivity index (χ2v) is 4.23. The van der Waals surface area contributed by atoms with Crippen LogP contribution in [0, 0.1) is 0 Å². The van der Waals surface area contributed by atoms with Crippen molar-refractivity contribution in [1.29, 1.82) is 0 Å². The molecule has 16 heavy (non-hydrogen) atoms. The van der Waals surface area contributed by atoms with E-state index in [0.717, 1.165) is 4.48 Å². The zero-order valence-electron chi connectivity index (χ0n) is 8.55. The highest BCUT2D eigenvalue weighted by Crippen LogP contribution is 2.19. The van der Waals surface area contributed by atoms with E-state index in [1.807, 2.05) is 0 Å². The van der Waals surface area contributed by atoms with Crippen LogP contribution in [0.2, 0.25) is 0 Å². The lowest BCUT2D eigenvalue weighted by Crippen LogP contribution is -2.15. The molecule has 0 aliphatic rings. The smallest absolute Gasteiger partial charge is 0.387 e. The molecule has 0 amide bonds. The molecule has 2 nitrogen and oxygen atoms in total. The first-order chi connectivity index (χ1) is 7.59. The van der Waals surface area contributed by atoms with E-state index in [2.05, 4.69) is 32.6 Å². The van der Waals surface area contributed by atoms with Crippen molar-refractivity contribution in [3.8, 4) is 5.75 Å². The second kappa shape index (κ2) is 6.60. The van der Waals surface area contributed by atoms with Gasteiger partial charge in [-0.1, -0.05) is 40.7 Å². The summed E-state index contributed by atoms with van der Waals surface area (Å²) in [6.07, 6.45) is 0. The van der Waals surface area contributed by atoms with Gasteiger partial charge in [-0.2, -0.15) is 8.78 Å². The second-order valence-electron chi connectivity index (χ2n) is 3.11. The van der Waals surface area contributed by atoms with Crippen LogP contribution >= 0.6 is 15.9 Å². The summed E-state index contributed by atoms with van der Waals surface area (Å²) in [7, 11) is 0. The van der Waals surface area contributed by atoms with Gasteiger partial charge < -0.3 is 10.1 Å². The topological polar surface area (TPSA) is 21.3 Å². The quantitative estimate of drug-likeness (QED) is 0.868. The van der Waals surface area contributed by atoms with Gasteiger partial charge in [0.15, 0.2) is 0 Å². The molecular weight excluding hydrogens is 280 g/mol. The maximum atomic E-state index is 12.1. The highest BCUT2D eigenvalue weighted by molar-refractivity contribution is 9.11. The fourth-order valence-electron chi connectivity index (χ4n) is 1.19. The van der Waals surface area contributed by atoms with E-state index in [0.29, 0.717) is 18.7 Å². The minimum atomic E-state index is -2.80. The first-order valence-electron chi connectivity index (χ1n) is 4.66. The van der Waals surface area contributed by atoms with Crippen LogP contribution < -0.4 is 10.1 Å². The Morgan fingerprint density at radius 3 is 2.75 bits per heavy atom. The van der Waals surface area contributed by atoms with Crippen LogP contribution in [-0.4, -0.2) is 13.2 Å². The predicted molar refractivity (Wildman–Crippen MR) is 62.8 cm³/mol. The Labute approximate surface area is 101 Å². The number of nitrogens with one attached hydrogen (secondary N) is 1. The molecule has 1 rings (SSSR count). The van der Waals surface area contributed by atoms with Crippen LogP contribution in [0.25, 0.3) is 0 Å². The molecule has 0 aliphatic carbocycles. The first kappa shape index (κ1) is 13.1. The molecule has 0 bridgehead atoms. The Morgan fingerprint density at radius 1 is 1.44 bits per heavy atom. The van der Waals surface area contributed by atoms with E-state index >= 15 is 0 Å². The molecule has 0 fully saturated rings. The molecule has 1 N–H and O–H groups in total. The molecule has 0 heterocycles. The van der Waals surface area contributed by atoms with Gasteiger partial charge in [0.05, 0.1) is 0 Å². The molecule has 0 aromatic heterocycles. The van der Waals surface area contributed by atoms with Gasteiger partial charge in [0.25, 0.3) is 0 Å². The summed E-state index contributed by atoms with van der Waals surface area (Å²) < 4.78 is 29.4. The standard InChI is InChI=1S/C11H12BrF2NO/c1-8(12)6-15-7-9-4-2-3-5-10(9)16-11(13)14/h2-5,11,15H,1,6-7H2. The molecular formula is C11H12BrF2NO. The van der Waals surface area contributed by atoms with Crippen LogP contribution in [0.5, 0.6) is 5.75 Å². The van der Waals surface area contributed by atoms with Crippen molar-refractivity contribution in [3.63, 3.8) is 0 Å². The summed E-state index contributed by atoms with van der Waals surface area (Å²) in [4.78, 5) is 0. The van der Waals surface area contributed by atoms with Gasteiger partial charge in [0.2, 0.25) is 0 Å². The third kappa shape index (κ3) is 4.72. The lowest BCUT2D eigenvalue weighted by molar-refractivity contribution is -0.0504. The monoisotopic (exact) mass is 291 g/mol. The fourth-order valence-corrected chi connectivity index (χ4v) is 1.39. The van der Waals surface area contributed by atoms with Gasteiger partial charge in [0.1, 0.15) is 5.75 Å². The summed E-state index contributed by atoms with van der Waals surface area (Å²) in [6, 6.07) is 6.69. The zero-order chi connectivity index (χ0) is 12.0. The lowest BCUT2D eigenvalue weighted by atomic mass is 10.2. The maximum Gasteiger partial charge on any atom is 0.387 e. The number of alkyl halides is 2. The van der Waals surface area contributed by atoms with Crippen LogP contribution in [0.1, 0.15) is 5.56 Å². The van der Waals surface area contributed by atoms with Crippen LogP contribution in [0.4, 0.5) is 8.78 Å². The summed E-state index contributed by atoms with van der Waals surface area (Å²) in [6.45, 7) is 1.89. The van der Waals surface area contributed by atoms with E-state index in [9.17, 15) is 8.78 Å². The van der Waals surface area contributed by atoms with Crippen LogP contribution in [0.3, 0.4) is 0 Å². The largest absolute Gasteiger partial charge is 0.434 e. The van der Waals surface area contributed by atoms with E-state index in [4.69, 9.17) is 0 Å². The lowest BCUT2D eigenvalue weighted by Gasteiger charge is -2.10. The Kier molecular flexibility index (Phi) is 5.42. The van der Waals surface area contributed by atoms with Gasteiger partial charge >= 0.3 is 6.61 Å². The minimum Gasteiger partial charge on any atom is -0.434 e. The number of hydrogen-bond acceptors (Lipinski definition) is 2. The molecule has 0 spiro atoms. The van der Waals surface area contributed by atoms with Crippen molar-refractivity contribution in [2.45, 2.75) is 13.2 Å². The molecule has 1 aromatic carbocycles. The van der Waals surface area contributed by atoms with E-state index < -0.39 is 6.61 Å². The maximum absolute atomic E-state index is 12.1. The van der Waals surface area contributed by atoms with Crippen LogP contribution in [0.15, 0.2) is 35.3 Å². The number of halogens is 3. The van der Waals surface area contributed by atoms with Crippen molar-refractivity contribution < 1.29 is 13.5 Å². The highest BCUT2D eigenvalue weighted by Gasteiger charge is 2.08. The highest BCUT2D eigenvalue weighted by atomic mass is 79.9. The van der Waals surface area contributed by atoms with Crippen molar-refractivity contribution in [2.75, 3.05) is 6.54 Å². The van der Waals surface area contributed by atoms with Gasteiger partial charge in [-0.05, 0) is 6.07 Å². The molecule has 0 saturated carbocycles. The number of benzene rings is 1. The first-order valence-corrected chi connectivity index (χ1v) is 5.45. The molecule has 88 valence electrons. The van der Waals surface area contributed by atoms with Gasteiger partial charge in [-0.3, -0.25) is 0 Å². The zero-order valence-corrected chi connectivity index (χ0v) is 10.1. The average molecular weight is 292 g/mol. The number of rotatable bonds is 6. The molecule has 0 atom stereocenters. The summed E-state index contributed by atoms with van der Waals surface area (Å²) >= 11 is 3.20. The normalized spacial score (nSPS) is 10.5. The van der Waals surface area contributed by atoms with Crippen molar-refractivity contribution >= 4 is 15.9 Å². The van der Waals surface area contributed by atoms with E-state index in [-0.39, 0.29) is 5.75 Å².